The van der Waals surface area contributed by atoms with Gasteiger partial charge in [-0.05, 0) is 48.4 Å². The third-order valence-electron chi connectivity index (χ3n) is 6.21. The first-order valence-corrected chi connectivity index (χ1v) is 11.9. The molecule has 0 radical (unpaired) electrons. The zero-order valence-corrected chi connectivity index (χ0v) is 20.8. The molecule has 0 aliphatic carbocycles. The van der Waals surface area contributed by atoms with Gasteiger partial charge in [-0.25, -0.2) is 8.78 Å². The van der Waals surface area contributed by atoms with Crippen molar-refractivity contribution in [2.45, 2.75) is 18.9 Å². The molecule has 1 N–H and O–H groups in total. The van der Waals surface area contributed by atoms with Gasteiger partial charge in [0, 0.05) is 39.1 Å². The van der Waals surface area contributed by atoms with Crippen LogP contribution in [-0.4, -0.2) is 61.2 Å². The Morgan fingerprint density at radius 1 is 0.917 bits per heavy atom. The van der Waals surface area contributed by atoms with Gasteiger partial charge in [0.25, 0.3) is 0 Å². The minimum Gasteiger partial charge on any atom is -0.490 e. The van der Waals surface area contributed by atoms with E-state index in [1.807, 2.05) is 11.0 Å². The Morgan fingerprint density at radius 2 is 1.58 bits per heavy atom. The number of piperazine rings is 1. The number of Topliss-reactive ketones (excluding diaryl/α,β-unsaturated/α-hetero) is 1. The largest absolute Gasteiger partial charge is 0.490 e. The predicted molar refractivity (Wildman–Crippen MR) is 139 cm³/mol. The molecule has 5 nitrogen and oxygen atoms in total. The summed E-state index contributed by atoms with van der Waals surface area (Å²) >= 11 is 0. The fraction of sp³-hybridized carbons (Fsp3) is 0.321. The number of anilines is 1. The maximum atomic E-state index is 14.0. The number of hydrogen-bond acceptors (Lipinski definition) is 5. The lowest BCUT2D eigenvalue weighted by molar-refractivity contribution is 0.0655. The van der Waals surface area contributed by atoms with Gasteiger partial charge in [0.15, 0.2) is 5.78 Å². The number of benzene rings is 3. The summed E-state index contributed by atoms with van der Waals surface area (Å²) in [5.41, 5.74) is 1.97. The molecule has 1 aliphatic rings. The lowest BCUT2D eigenvalue weighted by atomic mass is 10.0. The second kappa shape index (κ2) is 13.3. The summed E-state index contributed by atoms with van der Waals surface area (Å²) in [5.74, 6) is -0.145. The van der Waals surface area contributed by atoms with E-state index in [2.05, 4.69) is 4.90 Å². The van der Waals surface area contributed by atoms with E-state index in [1.165, 1.54) is 18.2 Å². The van der Waals surface area contributed by atoms with Gasteiger partial charge in [-0.3, -0.25) is 9.69 Å². The SMILES string of the molecule is Cl.O=C(CCc1ccc(F)cc1)c1ccccc1OCC(O)CN1CCN(c2ccccc2F)CC1. The molecule has 1 fully saturated rings. The van der Waals surface area contributed by atoms with Crippen molar-refractivity contribution in [3.63, 3.8) is 0 Å². The van der Waals surface area contributed by atoms with Gasteiger partial charge < -0.3 is 14.7 Å². The van der Waals surface area contributed by atoms with Crippen LogP contribution in [0.2, 0.25) is 0 Å². The van der Waals surface area contributed by atoms with Crippen LogP contribution < -0.4 is 9.64 Å². The van der Waals surface area contributed by atoms with Crippen molar-refractivity contribution in [1.29, 1.82) is 0 Å². The maximum Gasteiger partial charge on any atom is 0.166 e. The molecule has 0 amide bonds. The standard InChI is InChI=1S/C28H30F2N2O3.ClH/c29-22-12-9-21(10-13-22)11-14-27(34)24-5-1-4-8-28(24)35-20-23(33)19-31-15-17-32(18-16-31)26-7-3-2-6-25(26)30;/h1-10,12-13,23,33H,11,14-20H2;1H. The number of aryl methyl sites for hydroxylation is 1. The van der Waals surface area contributed by atoms with Crippen LogP contribution in [0, 0.1) is 11.6 Å². The second-order valence-electron chi connectivity index (χ2n) is 8.75. The van der Waals surface area contributed by atoms with Crippen LogP contribution in [0.25, 0.3) is 0 Å². The van der Waals surface area contributed by atoms with Gasteiger partial charge >= 0.3 is 0 Å². The van der Waals surface area contributed by atoms with Gasteiger partial charge in [0.1, 0.15) is 30.1 Å². The van der Waals surface area contributed by atoms with Crippen molar-refractivity contribution in [3.05, 3.63) is 95.6 Å². The summed E-state index contributed by atoms with van der Waals surface area (Å²) in [5, 5.41) is 10.5. The Kier molecular flexibility index (Phi) is 10.2. The van der Waals surface area contributed by atoms with Gasteiger partial charge in [-0.15, -0.1) is 12.4 Å². The van der Waals surface area contributed by atoms with E-state index >= 15 is 0 Å². The molecule has 36 heavy (non-hydrogen) atoms. The van der Waals surface area contributed by atoms with E-state index in [0.29, 0.717) is 56.1 Å². The monoisotopic (exact) mass is 516 g/mol. The van der Waals surface area contributed by atoms with Crippen molar-refractivity contribution < 1.29 is 23.4 Å². The van der Waals surface area contributed by atoms with Crippen LogP contribution in [0.4, 0.5) is 14.5 Å². The lowest BCUT2D eigenvalue weighted by Gasteiger charge is -2.37. The normalized spacial score (nSPS) is 14.7. The molecule has 0 spiro atoms. The molecular weight excluding hydrogens is 486 g/mol. The Bertz CT molecular complexity index is 1120. The summed E-state index contributed by atoms with van der Waals surface area (Å²) in [4.78, 5) is 16.9. The van der Waals surface area contributed by atoms with Crippen LogP contribution in [0.3, 0.4) is 0 Å². The molecule has 1 aliphatic heterocycles. The second-order valence-corrected chi connectivity index (χ2v) is 8.75. The van der Waals surface area contributed by atoms with E-state index in [1.54, 1.807) is 48.5 Å². The van der Waals surface area contributed by atoms with Crippen molar-refractivity contribution in [2.75, 3.05) is 44.2 Å². The van der Waals surface area contributed by atoms with Crippen molar-refractivity contribution in [2.24, 2.45) is 0 Å². The molecule has 1 saturated heterocycles. The molecule has 1 unspecified atom stereocenters. The number of para-hydroxylation sites is 2. The fourth-order valence-corrected chi connectivity index (χ4v) is 4.28. The zero-order valence-electron chi connectivity index (χ0n) is 20.0. The van der Waals surface area contributed by atoms with Crippen molar-refractivity contribution >= 4 is 23.9 Å². The first-order chi connectivity index (χ1) is 17.0. The summed E-state index contributed by atoms with van der Waals surface area (Å²) in [6, 6.07) is 19.9. The summed E-state index contributed by atoms with van der Waals surface area (Å²) in [6.07, 6.45) is 0.0628. The van der Waals surface area contributed by atoms with E-state index in [0.717, 1.165) is 5.56 Å². The summed E-state index contributed by atoms with van der Waals surface area (Å²) < 4.78 is 32.9. The number of ether oxygens (including phenoxy) is 1. The van der Waals surface area contributed by atoms with Gasteiger partial charge in [0.2, 0.25) is 0 Å². The minimum absolute atomic E-state index is 0. The molecule has 0 bridgehead atoms. The predicted octanol–water partition coefficient (Wildman–Crippen LogP) is 4.76. The zero-order chi connectivity index (χ0) is 24.6. The number of carbonyl (C=O) groups is 1. The number of nitrogens with zero attached hydrogens (tertiary/aromatic N) is 2. The molecular formula is C28H31ClF2N2O3. The average molecular weight is 517 g/mol. The fourth-order valence-electron chi connectivity index (χ4n) is 4.28. The molecule has 1 atom stereocenters. The minimum atomic E-state index is -0.725. The smallest absolute Gasteiger partial charge is 0.166 e. The number of ketones is 1. The summed E-state index contributed by atoms with van der Waals surface area (Å²) in [6.45, 7) is 3.29. The highest BCUT2D eigenvalue weighted by Gasteiger charge is 2.22. The highest BCUT2D eigenvalue weighted by Crippen LogP contribution is 2.22. The molecule has 3 aromatic rings. The molecule has 8 heteroatoms. The van der Waals surface area contributed by atoms with Gasteiger partial charge in [-0.2, -0.15) is 0 Å². The average Bonchev–Trinajstić information content (AvgIpc) is 2.88. The van der Waals surface area contributed by atoms with Crippen LogP contribution >= 0.6 is 12.4 Å². The van der Waals surface area contributed by atoms with E-state index in [9.17, 15) is 18.7 Å². The van der Waals surface area contributed by atoms with Crippen LogP contribution in [0.15, 0.2) is 72.8 Å². The lowest BCUT2D eigenvalue weighted by Crippen LogP contribution is -2.49. The number of carbonyl (C=O) groups excluding carboxylic acids is 1. The highest BCUT2D eigenvalue weighted by molar-refractivity contribution is 5.98. The molecule has 4 rings (SSSR count). The highest BCUT2D eigenvalue weighted by atomic mass is 35.5. The number of halogens is 3. The topological polar surface area (TPSA) is 53.0 Å². The number of β-amino-alcohol motifs (C(OH)–C–C–N with tert-alkyl or cyclic N) is 1. The van der Waals surface area contributed by atoms with E-state index in [-0.39, 0.29) is 42.9 Å². The number of aliphatic hydroxyl groups is 1. The first-order valence-electron chi connectivity index (χ1n) is 11.9. The van der Waals surface area contributed by atoms with Crippen molar-refractivity contribution in [1.82, 2.24) is 4.90 Å². The molecule has 0 saturated carbocycles. The van der Waals surface area contributed by atoms with Crippen LogP contribution in [0.1, 0.15) is 22.3 Å². The number of rotatable bonds is 10. The Hall–Kier alpha value is -3.00. The molecule has 3 aromatic carbocycles. The Balaban J connectivity index is 0.00000361. The third-order valence-corrected chi connectivity index (χ3v) is 6.21. The van der Waals surface area contributed by atoms with E-state index in [4.69, 9.17) is 4.74 Å². The van der Waals surface area contributed by atoms with Gasteiger partial charge in [0.05, 0.1) is 11.3 Å². The van der Waals surface area contributed by atoms with Crippen LogP contribution in [0.5, 0.6) is 5.75 Å². The quantitative estimate of drug-likeness (QED) is 0.394. The van der Waals surface area contributed by atoms with Gasteiger partial charge in [-0.1, -0.05) is 36.4 Å². The first kappa shape index (κ1) is 27.6. The third kappa shape index (κ3) is 7.50. The number of aliphatic hydroxyl groups excluding tert-OH is 1. The Morgan fingerprint density at radius 3 is 2.31 bits per heavy atom. The van der Waals surface area contributed by atoms with E-state index < -0.39 is 6.10 Å². The number of hydrogen-bond donors (Lipinski definition) is 1. The van der Waals surface area contributed by atoms with Crippen molar-refractivity contribution in [3.8, 4) is 5.75 Å². The molecule has 0 aromatic heterocycles. The van der Waals surface area contributed by atoms with Crippen LogP contribution in [-0.2, 0) is 6.42 Å². The summed E-state index contributed by atoms with van der Waals surface area (Å²) in [7, 11) is 0. The molecule has 1 heterocycles. The molecule has 192 valence electrons. The Labute approximate surface area is 216 Å². The maximum absolute atomic E-state index is 14.0.